The number of hydrogen-bond acceptors (Lipinski definition) is 6. The van der Waals surface area contributed by atoms with Crippen molar-refractivity contribution in [1.29, 1.82) is 0 Å². The van der Waals surface area contributed by atoms with Gasteiger partial charge in [0, 0.05) is 36.4 Å². The average molecular weight is 522 g/mol. The fraction of sp³-hybridized carbons (Fsp3) is 0.333. The van der Waals surface area contributed by atoms with Crippen LogP contribution in [0.5, 0.6) is 0 Å². The lowest BCUT2D eigenvalue weighted by atomic mass is 10.0. The number of carbonyl (C=O) groups is 3. The molecule has 1 aliphatic rings. The van der Waals surface area contributed by atoms with Crippen molar-refractivity contribution < 1.29 is 19.1 Å². The molecule has 0 aliphatic carbocycles. The summed E-state index contributed by atoms with van der Waals surface area (Å²) in [5, 5.41) is 5.59. The lowest BCUT2D eigenvalue weighted by Crippen LogP contribution is -2.49. The first-order valence-corrected chi connectivity index (χ1v) is 13.2. The Balaban J connectivity index is 1.47. The molecular formula is C27H31N5O4S. The van der Waals surface area contributed by atoms with Crippen molar-refractivity contribution in [3.8, 4) is 21.6 Å². The molecule has 3 aromatic rings. The molecule has 4 amide bonds. The Bertz CT molecular complexity index is 1230. The van der Waals surface area contributed by atoms with Crippen LogP contribution in [-0.2, 0) is 4.74 Å². The highest BCUT2D eigenvalue weighted by atomic mass is 32.1. The van der Waals surface area contributed by atoms with Gasteiger partial charge in [-0.1, -0.05) is 37.6 Å². The molecule has 10 heteroatoms. The minimum absolute atomic E-state index is 0.216. The molecule has 0 spiro atoms. The maximum absolute atomic E-state index is 13.3. The molecule has 9 nitrogen and oxygen atoms in total. The molecule has 4 N–H and O–H groups in total. The van der Waals surface area contributed by atoms with Crippen molar-refractivity contribution in [3.05, 3.63) is 59.7 Å². The van der Waals surface area contributed by atoms with E-state index >= 15 is 0 Å². The van der Waals surface area contributed by atoms with Gasteiger partial charge in [0.15, 0.2) is 0 Å². The summed E-state index contributed by atoms with van der Waals surface area (Å²) in [6.07, 6.45) is 6.43. The number of aromatic nitrogens is 1. The molecular weight excluding hydrogens is 490 g/mol. The summed E-state index contributed by atoms with van der Waals surface area (Å²) in [5.74, 6) is -0.320. The molecule has 3 heterocycles. The van der Waals surface area contributed by atoms with Crippen molar-refractivity contribution in [2.24, 2.45) is 5.73 Å². The van der Waals surface area contributed by atoms with Gasteiger partial charge in [-0.15, -0.1) is 11.3 Å². The van der Waals surface area contributed by atoms with Gasteiger partial charge in [-0.3, -0.25) is 9.78 Å². The van der Waals surface area contributed by atoms with Gasteiger partial charge < -0.3 is 26.0 Å². The Hall–Kier alpha value is -3.92. The van der Waals surface area contributed by atoms with Gasteiger partial charge in [0.1, 0.15) is 4.88 Å². The van der Waals surface area contributed by atoms with E-state index in [9.17, 15) is 14.4 Å². The zero-order valence-corrected chi connectivity index (χ0v) is 21.6. The van der Waals surface area contributed by atoms with Gasteiger partial charge in [0.05, 0.1) is 12.3 Å². The minimum atomic E-state index is -0.745. The second kappa shape index (κ2) is 12.4. The van der Waals surface area contributed by atoms with E-state index in [1.807, 2.05) is 43.3 Å². The number of pyridine rings is 1. The number of benzene rings is 1. The molecule has 1 aromatic carbocycles. The monoisotopic (exact) mass is 521 g/mol. The molecule has 0 unspecified atom stereocenters. The van der Waals surface area contributed by atoms with Crippen molar-refractivity contribution >= 4 is 35.1 Å². The normalized spacial score (nSPS) is 15.2. The number of piperidine rings is 1. The summed E-state index contributed by atoms with van der Waals surface area (Å²) in [6, 6.07) is 12.6. The van der Waals surface area contributed by atoms with Crippen LogP contribution in [0.1, 0.15) is 42.3 Å². The van der Waals surface area contributed by atoms with Gasteiger partial charge in [-0.05, 0) is 54.2 Å². The summed E-state index contributed by atoms with van der Waals surface area (Å²) >= 11 is 1.28. The highest BCUT2D eigenvalue weighted by Crippen LogP contribution is 2.36. The summed E-state index contributed by atoms with van der Waals surface area (Å²) in [4.78, 5) is 44.1. The minimum Gasteiger partial charge on any atom is -0.449 e. The predicted octanol–water partition coefficient (Wildman–Crippen LogP) is 5.10. The lowest BCUT2D eigenvalue weighted by Gasteiger charge is -2.32. The first kappa shape index (κ1) is 26.2. The third-order valence-corrected chi connectivity index (χ3v) is 7.30. The van der Waals surface area contributed by atoms with Gasteiger partial charge in [-0.25, -0.2) is 9.59 Å². The second-order valence-corrected chi connectivity index (χ2v) is 9.93. The molecule has 2 aromatic heterocycles. The number of primary amides is 1. The number of rotatable bonds is 8. The van der Waals surface area contributed by atoms with E-state index < -0.39 is 6.03 Å². The van der Waals surface area contributed by atoms with E-state index in [2.05, 4.69) is 15.6 Å². The maximum Gasteiger partial charge on any atom is 0.409 e. The molecule has 1 saturated heterocycles. The quantitative estimate of drug-likeness (QED) is 0.356. The summed E-state index contributed by atoms with van der Waals surface area (Å²) in [5.41, 5.74) is 8.74. The number of nitrogens with two attached hydrogens (primary N) is 1. The Morgan fingerprint density at radius 1 is 1.11 bits per heavy atom. The van der Waals surface area contributed by atoms with E-state index in [0.29, 0.717) is 30.3 Å². The number of anilines is 1. The van der Waals surface area contributed by atoms with Crippen LogP contribution in [0.25, 0.3) is 21.6 Å². The molecule has 37 heavy (non-hydrogen) atoms. The molecule has 1 atom stereocenters. The number of urea groups is 1. The van der Waals surface area contributed by atoms with Crippen LogP contribution in [0.4, 0.5) is 15.3 Å². The average Bonchev–Trinajstić information content (AvgIpc) is 3.33. The molecule has 0 radical (unpaired) electrons. The summed E-state index contributed by atoms with van der Waals surface area (Å²) in [7, 11) is 0. The zero-order valence-electron chi connectivity index (χ0n) is 20.7. The number of carbonyl (C=O) groups excluding carboxylic acids is 3. The highest BCUT2D eigenvalue weighted by Gasteiger charge is 2.27. The standard InChI is InChI=1S/C27H31N5O4S/c1-2-3-15-36-27(35)32-14-4-5-21(17-32)30-25(33)24-22(31-26(28)34)16-23(37-24)20-8-6-18(7-9-20)19-10-12-29-13-11-19/h6-13,16,21H,2-5,14-15,17H2,1H3,(H,30,33)(H3,28,31,34)/t21-/m0/s1. The molecule has 0 saturated carbocycles. The number of thiophene rings is 1. The third kappa shape index (κ3) is 6.85. The number of hydrogen-bond donors (Lipinski definition) is 3. The Morgan fingerprint density at radius 3 is 2.51 bits per heavy atom. The smallest absolute Gasteiger partial charge is 0.409 e. The van der Waals surface area contributed by atoms with E-state index in [1.54, 1.807) is 23.4 Å². The number of nitrogens with one attached hydrogen (secondary N) is 2. The Labute approximate surface area is 220 Å². The van der Waals surface area contributed by atoms with Crippen LogP contribution >= 0.6 is 11.3 Å². The highest BCUT2D eigenvalue weighted by molar-refractivity contribution is 7.18. The van der Waals surface area contributed by atoms with Crippen LogP contribution in [0.2, 0.25) is 0 Å². The zero-order chi connectivity index (χ0) is 26.2. The van der Waals surface area contributed by atoms with Crippen molar-refractivity contribution in [2.75, 3.05) is 25.0 Å². The van der Waals surface area contributed by atoms with Crippen molar-refractivity contribution in [2.45, 2.75) is 38.6 Å². The van der Waals surface area contributed by atoms with Gasteiger partial charge in [0.2, 0.25) is 0 Å². The van der Waals surface area contributed by atoms with Crippen molar-refractivity contribution in [3.63, 3.8) is 0 Å². The van der Waals surface area contributed by atoms with Crippen LogP contribution in [0, 0.1) is 0 Å². The molecule has 194 valence electrons. The number of ether oxygens (including phenoxy) is 1. The number of nitrogens with zero attached hydrogens (tertiary/aromatic N) is 2. The molecule has 1 fully saturated rings. The summed E-state index contributed by atoms with van der Waals surface area (Å²) < 4.78 is 5.32. The van der Waals surface area contributed by atoms with Gasteiger partial charge in [-0.2, -0.15) is 0 Å². The largest absolute Gasteiger partial charge is 0.449 e. The van der Waals surface area contributed by atoms with E-state index in [4.69, 9.17) is 10.5 Å². The Kier molecular flexibility index (Phi) is 8.73. The first-order valence-electron chi connectivity index (χ1n) is 12.4. The number of unbranched alkanes of at least 4 members (excludes halogenated alkanes) is 1. The van der Waals surface area contributed by atoms with Crippen LogP contribution < -0.4 is 16.4 Å². The van der Waals surface area contributed by atoms with Gasteiger partial charge >= 0.3 is 12.1 Å². The fourth-order valence-electron chi connectivity index (χ4n) is 4.21. The second-order valence-electron chi connectivity index (χ2n) is 8.88. The predicted molar refractivity (Wildman–Crippen MR) is 145 cm³/mol. The van der Waals surface area contributed by atoms with Crippen LogP contribution in [0.3, 0.4) is 0 Å². The Morgan fingerprint density at radius 2 is 1.81 bits per heavy atom. The van der Waals surface area contributed by atoms with Crippen molar-refractivity contribution in [1.82, 2.24) is 15.2 Å². The number of likely N-dealkylation sites (tertiary alicyclic amines) is 1. The lowest BCUT2D eigenvalue weighted by molar-refractivity contribution is 0.0798. The van der Waals surface area contributed by atoms with E-state index in [1.165, 1.54) is 11.3 Å². The van der Waals surface area contributed by atoms with Crippen LogP contribution in [-0.4, -0.2) is 53.7 Å². The molecule has 1 aliphatic heterocycles. The molecule has 0 bridgehead atoms. The van der Waals surface area contributed by atoms with E-state index in [-0.39, 0.29) is 18.0 Å². The first-order chi connectivity index (χ1) is 17.9. The maximum atomic E-state index is 13.3. The fourth-order valence-corrected chi connectivity index (χ4v) is 5.23. The number of amides is 4. The topological polar surface area (TPSA) is 127 Å². The van der Waals surface area contributed by atoms with Gasteiger partial charge in [0.25, 0.3) is 5.91 Å². The van der Waals surface area contributed by atoms with E-state index in [0.717, 1.165) is 47.3 Å². The molecule has 4 rings (SSSR count). The van der Waals surface area contributed by atoms with Crippen LogP contribution in [0.15, 0.2) is 54.9 Å². The third-order valence-electron chi connectivity index (χ3n) is 6.12. The summed E-state index contributed by atoms with van der Waals surface area (Å²) in [6.45, 7) is 3.41. The SMILES string of the molecule is CCCCOC(=O)N1CCC[C@H](NC(=O)c2sc(-c3ccc(-c4ccncc4)cc3)cc2NC(N)=O)C1.